The van der Waals surface area contributed by atoms with Crippen LogP contribution in [-0.2, 0) is 18.6 Å². The molecule has 0 bridgehead atoms. The first kappa shape index (κ1) is 15.4. The summed E-state index contributed by atoms with van der Waals surface area (Å²) in [4.78, 5) is 3.44. The van der Waals surface area contributed by atoms with E-state index in [1.807, 2.05) is 24.3 Å². The number of aromatic amines is 1. The summed E-state index contributed by atoms with van der Waals surface area (Å²) in [5.41, 5.74) is 5.74. The molecule has 0 unspecified atom stereocenters. The lowest BCUT2D eigenvalue weighted by Crippen LogP contribution is -2.21. The highest BCUT2D eigenvalue weighted by molar-refractivity contribution is 7.98. The van der Waals surface area contributed by atoms with Gasteiger partial charge in [-0.25, -0.2) is 4.98 Å². The Hall–Kier alpha value is -1.50. The van der Waals surface area contributed by atoms with Crippen molar-refractivity contribution in [2.75, 3.05) is 0 Å². The first-order chi connectivity index (χ1) is 10.7. The smallest absolute Gasteiger partial charge is 0.202 e. The maximum Gasteiger partial charge on any atom is 0.257 e. The molecule has 0 saturated heterocycles. The molecule has 1 aliphatic rings. The number of fused-ring (bicyclic) bond motifs is 1. The van der Waals surface area contributed by atoms with E-state index in [-0.39, 0.29) is 0 Å². The molecule has 0 radical (unpaired) electrons. The number of rotatable bonds is 3. The van der Waals surface area contributed by atoms with E-state index in [1.165, 1.54) is 29.7 Å². The van der Waals surface area contributed by atoms with Crippen LogP contribution in [-0.4, -0.2) is 0 Å². The van der Waals surface area contributed by atoms with Crippen molar-refractivity contribution >= 4 is 23.4 Å². The molecule has 2 aromatic rings. The number of H-pyrrole nitrogens is 1. The third kappa shape index (κ3) is 2.99. The molecule has 112 valence electrons. The third-order valence-electron chi connectivity index (χ3n) is 4.19. The highest BCUT2D eigenvalue weighted by Crippen LogP contribution is 2.32. The zero-order valence-electron chi connectivity index (χ0n) is 12.6. The van der Waals surface area contributed by atoms with Crippen LogP contribution >= 0.6 is 23.4 Å². The average molecular weight is 330 g/mol. The number of aromatic nitrogens is 1. The molecule has 0 amide bonds. The number of thioether (sulfide) groups is 1. The second kappa shape index (κ2) is 6.73. The number of hydrogen-bond acceptors (Lipinski definition) is 2. The Bertz CT molecular complexity index is 749. The van der Waals surface area contributed by atoms with Crippen LogP contribution < -0.4 is 4.98 Å². The van der Waals surface area contributed by atoms with Gasteiger partial charge in [-0.2, -0.15) is 5.26 Å². The van der Waals surface area contributed by atoms with Crippen molar-refractivity contribution in [1.29, 1.82) is 5.26 Å². The Kier molecular flexibility index (Phi) is 4.71. The van der Waals surface area contributed by atoms with Gasteiger partial charge in [0.2, 0.25) is 0 Å². The highest BCUT2D eigenvalue weighted by atomic mass is 35.5. The van der Waals surface area contributed by atoms with Crippen LogP contribution in [0, 0.1) is 18.3 Å². The number of nitriles is 1. The van der Waals surface area contributed by atoms with Crippen LogP contribution in [0.5, 0.6) is 0 Å². The number of nitrogens with zero attached hydrogens (tertiary/aromatic N) is 1. The van der Waals surface area contributed by atoms with Gasteiger partial charge in [0, 0.05) is 23.3 Å². The molecule has 2 nitrogen and oxygen atoms in total. The molecule has 1 aromatic carbocycles. The summed E-state index contributed by atoms with van der Waals surface area (Å²) in [5, 5.41) is 11.4. The quantitative estimate of drug-likeness (QED) is 0.777. The first-order valence-electron chi connectivity index (χ1n) is 7.54. The fourth-order valence-electron chi connectivity index (χ4n) is 3.03. The summed E-state index contributed by atoms with van der Waals surface area (Å²) in [7, 11) is 0. The number of pyridine rings is 1. The zero-order chi connectivity index (χ0) is 15.5. The molecule has 0 aliphatic heterocycles. The van der Waals surface area contributed by atoms with Crippen LogP contribution in [0.25, 0.3) is 0 Å². The minimum absolute atomic E-state index is 0.767. The average Bonchev–Trinajstić information content (AvgIpc) is 2.54. The molecular weight excluding hydrogens is 312 g/mol. The molecular formula is C18H18ClN2S+. The van der Waals surface area contributed by atoms with Crippen LogP contribution in [0.2, 0.25) is 5.02 Å². The van der Waals surface area contributed by atoms with E-state index < -0.39 is 0 Å². The summed E-state index contributed by atoms with van der Waals surface area (Å²) in [6, 6.07) is 10.3. The molecule has 22 heavy (non-hydrogen) atoms. The Morgan fingerprint density at radius 2 is 1.95 bits per heavy atom. The molecule has 0 fully saturated rings. The monoisotopic (exact) mass is 329 g/mol. The number of hydrogen-bond donors (Lipinski definition) is 0. The maximum absolute atomic E-state index is 9.61. The molecule has 0 saturated carbocycles. The van der Waals surface area contributed by atoms with Gasteiger partial charge in [0.1, 0.15) is 11.6 Å². The van der Waals surface area contributed by atoms with Gasteiger partial charge < -0.3 is 0 Å². The number of aryl methyl sites for hydroxylation is 1. The first-order valence-corrected chi connectivity index (χ1v) is 8.91. The predicted octanol–water partition coefficient (Wildman–Crippen LogP) is 4.51. The van der Waals surface area contributed by atoms with Crippen LogP contribution in [0.4, 0.5) is 0 Å². The van der Waals surface area contributed by atoms with Gasteiger partial charge in [-0.15, -0.1) is 0 Å². The molecule has 1 heterocycles. The van der Waals surface area contributed by atoms with Gasteiger partial charge >= 0.3 is 0 Å². The summed E-state index contributed by atoms with van der Waals surface area (Å²) in [5.74, 6) is 0.767. The molecule has 1 aromatic heterocycles. The van der Waals surface area contributed by atoms with Crippen molar-refractivity contribution in [3.63, 3.8) is 0 Å². The number of benzene rings is 1. The SMILES string of the molecule is Cc1[nH+]c(SCc2ccccc2Cl)c(C#N)c2c1CCCC2. The Labute approximate surface area is 140 Å². The number of halogens is 1. The largest absolute Gasteiger partial charge is 0.257 e. The minimum atomic E-state index is 0.767. The van der Waals surface area contributed by atoms with E-state index >= 15 is 0 Å². The fraction of sp³-hybridized carbons (Fsp3) is 0.333. The van der Waals surface area contributed by atoms with Crippen molar-refractivity contribution < 1.29 is 4.98 Å². The fourth-order valence-corrected chi connectivity index (χ4v) is 4.40. The second-order valence-corrected chi connectivity index (χ2v) is 7.00. The summed E-state index contributed by atoms with van der Waals surface area (Å²) in [6.45, 7) is 2.12. The molecule has 0 atom stereocenters. The zero-order valence-corrected chi connectivity index (χ0v) is 14.2. The summed E-state index contributed by atoms with van der Waals surface area (Å²) < 4.78 is 0. The second-order valence-electron chi connectivity index (χ2n) is 5.61. The van der Waals surface area contributed by atoms with Crippen LogP contribution in [0.3, 0.4) is 0 Å². The molecule has 1 N–H and O–H groups in total. The Morgan fingerprint density at radius 1 is 1.23 bits per heavy atom. The maximum atomic E-state index is 9.61. The van der Waals surface area contributed by atoms with E-state index in [0.717, 1.165) is 39.8 Å². The number of nitrogens with one attached hydrogen (secondary N) is 1. The van der Waals surface area contributed by atoms with Crippen molar-refractivity contribution in [2.24, 2.45) is 0 Å². The molecule has 0 spiro atoms. The molecule has 4 heteroatoms. The van der Waals surface area contributed by atoms with Crippen molar-refractivity contribution in [3.8, 4) is 6.07 Å². The van der Waals surface area contributed by atoms with E-state index in [4.69, 9.17) is 11.6 Å². The van der Waals surface area contributed by atoms with Gasteiger partial charge in [-0.3, -0.25) is 0 Å². The van der Waals surface area contributed by atoms with Crippen molar-refractivity contribution in [2.45, 2.75) is 43.4 Å². The minimum Gasteiger partial charge on any atom is -0.202 e. The van der Waals surface area contributed by atoms with Gasteiger partial charge in [-0.1, -0.05) is 41.6 Å². The summed E-state index contributed by atoms with van der Waals surface area (Å²) >= 11 is 7.89. The molecule has 3 rings (SSSR count). The molecule has 1 aliphatic carbocycles. The van der Waals surface area contributed by atoms with Gasteiger partial charge in [0.25, 0.3) is 5.03 Å². The normalized spacial score (nSPS) is 13.5. The lowest BCUT2D eigenvalue weighted by atomic mass is 9.88. The third-order valence-corrected chi connectivity index (χ3v) is 5.61. The van der Waals surface area contributed by atoms with Crippen molar-refractivity contribution in [1.82, 2.24) is 0 Å². The van der Waals surface area contributed by atoms with E-state index in [0.29, 0.717) is 0 Å². The van der Waals surface area contributed by atoms with Gasteiger partial charge in [0.05, 0.1) is 0 Å². The predicted molar refractivity (Wildman–Crippen MR) is 90.1 cm³/mol. The van der Waals surface area contributed by atoms with Crippen LogP contribution in [0.15, 0.2) is 29.3 Å². The Morgan fingerprint density at radius 3 is 2.68 bits per heavy atom. The van der Waals surface area contributed by atoms with Crippen LogP contribution in [0.1, 0.15) is 40.8 Å². The topological polar surface area (TPSA) is 37.9 Å². The lowest BCUT2D eigenvalue weighted by Gasteiger charge is -2.17. The van der Waals surface area contributed by atoms with E-state index in [2.05, 4.69) is 18.0 Å². The summed E-state index contributed by atoms with van der Waals surface area (Å²) in [6.07, 6.45) is 4.51. The van der Waals surface area contributed by atoms with Crippen molar-refractivity contribution in [3.05, 3.63) is 57.2 Å². The van der Waals surface area contributed by atoms with Gasteiger partial charge in [0.15, 0.2) is 5.69 Å². The Balaban J connectivity index is 1.93. The van der Waals surface area contributed by atoms with E-state index in [1.54, 1.807) is 11.8 Å². The highest BCUT2D eigenvalue weighted by Gasteiger charge is 2.25. The van der Waals surface area contributed by atoms with Gasteiger partial charge in [-0.05, 0) is 42.9 Å². The van der Waals surface area contributed by atoms with E-state index in [9.17, 15) is 5.26 Å². The standard InChI is InChI=1S/C18H17ClN2S/c1-12-14-7-3-4-8-15(14)16(10-20)18(21-12)22-11-13-6-2-5-9-17(13)19/h2,5-6,9H,3-4,7-8,11H2,1H3/p+1. The lowest BCUT2D eigenvalue weighted by molar-refractivity contribution is -0.436.